The molecular weight excluding hydrogens is 288 g/mol. The van der Waals surface area contributed by atoms with Crippen molar-refractivity contribution in [1.82, 2.24) is 9.80 Å². The average Bonchev–Trinajstić information content (AvgIpc) is 2.34. The predicted octanol–water partition coefficient (Wildman–Crippen LogP) is 2.79. The molecule has 1 aliphatic heterocycles. The van der Waals surface area contributed by atoms with Crippen molar-refractivity contribution >= 4 is 28.9 Å². The summed E-state index contributed by atoms with van der Waals surface area (Å²) in [5.41, 5.74) is 0.610. The highest BCUT2D eigenvalue weighted by atomic mass is 35.5. The van der Waals surface area contributed by atoms with E-state index in [-0.39, 0.29) is 0 Å². The predicted molar refractivity (Wildman–Crippen MR) is 78.8 cm³/mol. The Morgan fingerprint density at radius 3 is 2.32 bits per heavy atom. The Kier molecular flexibility index (Phi) is 5.28. The summed E-state index contributed by atoms with van der Waals surface area (Å²) in [6, 6.07) is 2.54. The Bertz CT molecular complexity index is 411. The smallest absolute Gasteiger partial charge is 0.126 e. The zero-order chi connectivity index (χ0) is 13.8. The fourth-order valence-electron chi connectivity index (χ4n) is 2.12. The third-order valence-electron chi connectivity index (χ3n) is 3.33. The Morgan fingerprint density at radius 2 is 1.74 bits per heavy atom. The lowest BCUT2D eigenvalue weighted by Gasteiger charge is -2.32. The van der Waals surface area contributed by atoms with Gasteiger partial charge in [0.1, 0.15) is 5.82 Å². The number of hydrogen-bond acceptors (Lipinski definition) is 3. The molecule has 1 aromatic rings. The molecule has 1 aliphatic rings. The first kappa shape index (κ1) is 14.9. The van der Waals surface area contributed by atoms with Gasteiger partial charge >= 0.3 is 0 Å². The van der Waals surface area contributed by atoms with E-state index >= 15 is 0 Å². The van der Waals surface area contributed by atoms with Crippen LogP contribution in [0.4, 0.5) is 10.1 Å². The molecule has 0 unspecified atom stereocenters. The van der Waals surface area contributed by atoms with Crippen LogP contribution in [-0.4, -0.2) is 56.1 Å². The summed E-state index contributed by atoms with van der Waals surface area (Å²) in [6.45, 7) is 6.01. The molecule has 19 heavy (non-hydrogen) atoms. The van der Waals surface area contributed by atoms with Crippen LogP contribution in [-0.2, 0) is 0 Å². The highest BCUT2D eigenvalue weighted by molar-refractivity contribution is 6.39. The van der Waals surface area contributed by atoms with E-state index < -0.39 is 5.82 Å². The van der Waals surface area contributed by atoms with Gasteiger partial charge in [0.15, 0.2) is 0 Å². The van der Waals surface area contributed by atoms with Crippen LogP contribution in [0.1, 0.15) is 0 Å². The molecule has 1 saturated heterocycles. The summed E-state index contributed by atoms with van der Waals surface area (Å²) in [5, 5.41) is 3.83. The number of piperazine rings is 1. The lowest BCUT2D eigenvalue weighted by Crippen LogP contribution is -2.45. The van der Waals surface area contributed by atoms with Gasteiger partial charge in [0.05, 0.1) is 15.7 Å². The van der Waals surface area contributed by atoms with E-state index in [0.29, 0.717) is 15.7 Å². The van der Waals surface area contributed by atoms with E-state index in [9.17, 15) is 4.39 Å². The second kappa shape index (κ2) is 6.75. The highest BCUT2D eigenvalue weighted by Crippen LogP contribution is 2.31. The molecule has 1 heterocycles. The third-order valence-corrected chi connectivity index (χ3v) is 3.93. The summed E-state index contributed by atoms with van der Waals surface area (Å²) >= 11 is 11.9. The van der Waals surface area contributed by atoms with Crippen LogP contribution >= 0.6 is 23.2 Å². The molecule has 0 saturated carbocycles. The monoisotopic (exact) mass is 305 g/mol. The summed E-state index contributed by atoms with van der Waals surface area (Å²) in [6.07, 6.45) is 0. The molecule has 0 amide bonds. The normalized spacial score (nSPS) is 17.7. The SMILES string of the molecule is CN1CCN(CCNc2c(Cl)cc(F)cc2Cl)CC1. The average molecular weight is 306 g/mol. The van der Waals surface area contributed by atoms with Gasteiger partial charge in [-0.3, -0.25) is 4.90 Å². The molecule has 0 aliphatic carbocycles. The lowest BCUT2D eigenvalue weighted by molar-refractivity contribution is 0.158. The van der Waals surface area contributed by atoms with E-state index in [1.807, 2.05) is 0 Å². The minimum atomic E-state index is -0.417. The Hall–Kier alpha value is -0.550. The number of anilines is 1. The third kappa shape index (κ3) is 4.21. The van der Waals surface area contributed by atoms with Gasteiger partial charge in [0.2, 0.25) is 0 Å². The molecular formula is C13H18Cl2FN3. The van der Waals surface area contributed by atoms with E-state index in [2.05, 4.69) is 22.2 Å². The molecule has 6 heteroatoms. The van der Waals surface area contributed by atoms with Crippen molar-refractivity contribution in [3.05, 3.63) is 28.0 Å². The summed E-state index contributed by atoms with van der Waals surface area (Å²) in [5.74, 6) is -0.417. The number of nitrogens with zero attached hydrogens (tertiary/aromatic N) is 2. The van der Waals surface area contributed by atoms with Crippen LogP contribution in [0.15, 0.2) is 12.1 Å². The zero-order valence-electron chi connectivity index (χ0n) is 10.9. The Labute approximate surface area is 123 Å². The number of halogens is 3. The quantitative estimate of drug-likeness (QED) is 0.923. The maximum absolute atomic E-state index is 13.0. The molecule has 1 aromatic carbocycles. The van der Waals surface area contributed by atoms with Gasteiger partial charge in [-0.2, -0.15) is 0 Å². The van der Waals surface area contributed by atoms with Crippen molar-refractivity contribution in [2.75, 3.05) is 51.6 Å². The van der Waals surface area contributed by atoms with Gasteiger partial charge in [-0.1, -0.05) is 23.2 Å². The first-order chi connectivity index (χ1) is 9.06. The summed E-state index contributed by atoms with van der Waals surface area (Å²) < 4.78 is 13.0. The van der Waals surface area contributed by atoms with Crippen LogP contribution in [0, 0.1) is 5.82 Å². The fourth-order valence-corrected chi connectivity index (χ4v) is 2.72. The van der Waals surface area contributed by atoms with E-state index in [0.717, 1.165) is 39.3 Å². The fraction of sp³-hybridized carbons (Fsp3) is 0.538. The molecule has 3 nitrogen and oxygen atoms in total. The van der Waals surface area contributed by atoms with Gasteiger partial charge in [-0.25, -0.2) is 4.39 Å². The van der Waals surface area contributed by atoms with E-state index in [1.165, 1.54) is 12.1 Å². The van der Waals surface area contributed by atoms with Crippen molar-refractivity contribution in [3.8, 4) is 0 Å². The minimum absolute atomic E-state index is 0.323. The molecule has 1 N–H and O–H groups in total. The van der Waals surface area contributed by atoms with Crippen molar-refractivity contribution in [3.63, 3.8) is 0 Å². The second-order valence-electron chi connectivity index (χ2n) is 4.82. The molecule has 0 atom stereocenters. The lowest BCUT2D eigenvalue weighted by atomic mass is 10.3. The van der Waals surface area contributed by atoms with Crippen molar-refractivity contribution in [2.24, 2.45) is 0 Å². The number of hydrogen-bond donors (Lipinski definition) is 1. The van der Waals surface area contributed by atoms with Crippen LogP contribution in [0.25, 0.3) is 0 Å². The van der Waals surface area contributed by atoms with Crippen molar-refractivity contribution < 1.29 is 4.39 Å². The molecule has 1 fully saturated rings. The molecule has 0 aromatic heterocycles. The molecule has 106 valence electrons. The van der Waals surface area contributed by atoms with Crippen LogP contribution in [0.3, 0.4) is 0 Å². The molecule has 0 spiro atoms. The van der Waals surface area contributed by atoms with Gasteiger partial charge in [-0.15, -0.1) is 0 Å². The maximum atomic E-state index is 13.0. The number of likely N-dealkylation sites (N-methyl/N-ethyl adjacent to an activating group) is 1. The van der Waals surface area contributed by atoms with Gasteiger partial charge in [0, 0.05) is 39.3 Å². The van der Waals surface area contributed by atoms with Crippen molar-refractivity contribution in [1.29, 1.82) is 0 Å². The Morgan fingerprint density at radius 1 is 1.16 bits per heavy atom. The second-order valence-corrected chi connectivity index (χ2v) is 5.63. The van der Waals surface area contributed by atoms with Crippen molar-refractivity contribution in [2.45, 2.75) is 0 Å². The summed E-state index contributed by atoms with van der Waals surface area (Å²) in [7, 11) is 2.13. The van der Waals surface area contributed by atoms with Crippen LogP contribution in [0.2, 0.25) is 10.0 Å². The number of rotatable bonds is 4. The molecule has 0 bridgehead atoms. The topological polar surface area (TPSA) is 18.5 Å². The number of benzene rings is 1. The van der Waals surface area contributed by atoms with Gasteiger partial charge < -0.3 is 10.2 Å². The summed E-state index contributed by atoms with van der Waals surface area (Å²) in [4.78, 5) is 4.70. The standard InChI is InChI=1S/C13H18Cl2FN3/c1-18-4-6-19(7-5-18)3-2-17-13-11(14)8-10(16)9-12(13)15/h8-9,17H,2-7H2,1H3. The largest absolute Gasteiger partial charge is 0.381 e. The Balaban J connectivity index is 1.83. The first-order valence-corrected chi connectivity index (χ1v) is 7.11. The zero-order valence-corrected chi connectivity index (χ0v) is 12.4. The van der Waals surface area contributed by atoms with E-state index in [4.69, 9.17) is 23.2 Å². The molecule has 2 rings (SSSR count). The van der Waals surface area contributed by atoms with Gasteiger partial charge in [0.25, 0.3) is 0 Å². The van der Waals surface area contributed by atoms with E-state index in [1.54, 1.807) is 0 Å². The van der Waals surface area contributed by atoms with Crippen LogP contribution < -0.4 is 5.32 Å². The maximum Gasteiger partial charge on any atom is 0.126 e. The molecule has 0 radical (unpaired) electrons. The first-order valence-electron chi connectivity index (χ1n) is 6.35. The number of nitrogens with one attached hydrogen (secondary N) is 1. The van der Waals surface area contributed by atoms with Gasteiger partial charge in [-0.05, 0) is 19.2 Å². The minimum Gasteiger partial charge on any atom is -0.381 e. The highest BCUT2D eigenvalue weighted by Gasteiger charge is 2.13. The van der Waals surface area contributed by atoms with Crippen LogP contribution in [0.5, 0.6) is 0 Å².